The number of fused-ring (bicyclic) bond motifs is 2. The highest BCUT2D eigenvalue weighted by Crippen LogP contribution is 2.52. The number of esters is 3. The van der Waals surface area contributed by atoms with Gasteiger partial charge >= 0.3 is 17.9 Å². The molecule has 2 heterocycles. The average Bonchev–Trinajstić information content (AvgIpc) is 3.33. The summed E-state index contributed by atoms with van der Waals surface area (Å²) in [5.41, 5.74) is 2.12. The molecule has 3 aliphatic rings. The second-order valence-corrected chi connectivity index (χ2v) is 10.4. The van der Waals surface area contributed by atoms with Gasteiger partial charge in [-0.3, -0.25) is 9.59 Å². The predicted octanol–water partition coefficient (Wildman–Crippen LogP) is 4.49. The molecule has 8 nitrogen and oxygen atoms in total. The Labute approximate surface area is 213 Å². The molecule has 35 heavy (non-hydrogen) atoms. The molecule has 0 aromatic heterocycles. The fraction of sp³-hybridized carbons (Fsp3) is 0.538. The molecule has 0 amide bonds. The molecule has 0 radical (unpaired) electrons. The van der Waals surface area contributed by atoms with Crippen LogP contribution in [0.1, 0.15) is 58.9 Å². The highest BCUT2D eigenvalue weighted by Gasteiger charge is 2.67. The lowest BCUT2D eigenvalue weighted by Gasteiger charge is -2.40. The number of hydrogen-bond acceptors (Lipinski definition) is 8. The van der Waals surface area contributed by atoms with Gasteiger partial charge in [0, 0.05) is 36.7 Å². The molecule has 0 N–H and O–H groups in total. The Hall–Kier alpha value is -2.68. The summed E-state index contributed by atoms with van der Waals surface area (Å²) in [6, 6.07) is 7.62. The van der Waals surface area contributed by atoms with Gasteiger partial charge in [0.05, 0.1) is 18.2 Å². The van der Waals surface area contributed by atoms with E-state index in [4.69, 9.17) is 19.0 Å². The van der Waals surface area contributed by atoms with Gasteiger partial charge in [-0.2, -0.15) is 0 Å². The first-order valence-corrected chi connectivity index (χ1v) is 12.6. The van der Waals surface area contributed by atoms with Crippen LogP contribution in [0, 0.1) is 11.8 Å². The minimum atomic E-state index is -1.36. The van der Waals surface area contributed by atoms with Crippen LogP contribution < -0.4 is 0 Å². The van der Waals surface area contributed by atoms with Crippen LogP contribution in [0.5, 0.6) is 0 Å². The first-order chi connectivity index (χ1) is 16.6. The SMILES string of the molecule is CC(=O)OCCC[C@H](C)C1=C(C)C[C@H]2OC(=O)[C@]3(CC(c4ccccc4Br)=NO3)[C@H]2[C@@H]1OC(C)=O. The summed E-state index contributed by atoms with van der Waals surface area (Å²) in [7, 11) is 0. The second kappa shape index (κ2) is 10.1. The number of carbonyl (C=O) groups is 3. The minimum absolute atomic E-state index is 0.0358. The molecule has 9 heteroatoms. The van der Waals surface area contributed by atoms with Gasteiger partial charge < -0.3 is 19.0 Å². The van der Waals surface area contributed by atoms with Crippen molar-refractivity contribution in [3.8, 4) is 0 Å². The van der Waals surface area contributed by atoms with E-state index in [-0.39, 0.29) is 18.3 Å². The molecule has 188 valence electrons. The van der Waals surface area contributed by atoms with Crippen LogP contribution in [0.15, 0.2) is 45.0 Å². The number of hydrogen-bond donors (Lipinski definition) is 0. The number of nitrogens with zero attached hydrogens (tertiary/aromatic N) is 1. The van der Waals surface area contributed by atoms with Crippen LogP contribution in [-0.2, 0) is 33.4 Å². The molecular formula is C26H30BrNO7. The van der Waals surface area contributed by atoms with E-state index in [2.05, 4.69) is 28.0 Å². The first-order valence-electron chi connectivity index (χ1n) is 11.8. The molecule has 0 bridgehead atoms. The Balaban J connectivity index is 1.63. The molecule has 1 saturated heterocycles. The maximum atomic E-state index is 13.3. The van der Waals surface area contributed by atoms with Gasteiger partial charge in [0.15, 0.2) is 0 Å². The van der Waals surface area contributed by atoms with Crippen LogP contribution in [0.25, 0.3) is 0 Å². The molecule has 1 spiro atoms. The normalized spacial score (nSPS) is 28.2. The van der Waals surface area contributed by atoms with Crippen molar-refractivity contribution in [3.05, 3.63) is 45.4 Å². The van der Waals surface area contributed by atoms with Gasteiger partial charge in [-0.15, -0.1) is 0 Å². The van der Waals surface area contributed by atoms with Crippen molar-refractivity contribution in [3.63, 3.8) is 0 Å². The predicted molar refractivity (Wildman–Crippen MR) is 130 cm³/mol. The van der Waals surface area contributed by atoms with Gasteiger partial charge in [0.25, 0.3) is 0 Å². The fourth-order valence-corrected chi connectivity index (χ4v) is 6.08. The quantitative estimate of drug-likeness (QED) is 0.214. The Morgan fingerprint density at radius 3 is 2.69 bits per heavy atom. The second-order valence-electron chi connectivity index (χ2n) is 9.50. The smallest absolute Gasteiger partial charge is 0.354 e. The lowest BCUT2D eigenvalue weighted by atomic mass is 9.68. The maximum absolute atomic E-state index is 13.3. The number of rotatable bonds is 7. The Bertz CT molecular complexity index is 1100. The van der Waals surface area contributed by atoms with Crippen molar-refractivity contribution < 1.29 is 33.4 Å². The summed E-state index contributed by atoms with van der Waals surface area (Å²) in [5.74, 6) is -1.72. The molecule has 1 aromatic rings. The van der Waals surface area contributed by atoms with Crippen molar-refractivity contribution in [1.82, 2.24) is 0 Å². The summed E-state index contributed by atoms with van der Waals surface area (Å²) >= 11 is 3.55. The number of oxime groups is 1. The summed E-state index contributed by atoms with van der Waals surface area (Å²) in [4.78, 5) is 42.5. The number of carbonyl (C=O) groups excluding carboxylic acids is 3. The largest absolute Gasteiger partial charge is 0.466 e. The van der Waals surface area contributed by atoms with Crippen LogP contribution >= 0.6 is 15.9 Å². The maximum Gasteiger partial charge on any atom is 0.354 e. The van der Waals surface area contributed by atoms with Gasteiger partial charge in [-0.1, -0.05) is 51.8 Å². The van der Waals surface area contributed by atoms with E-state index in [1.807, 2.05) is 31.2 Å². The van der Waals surface area contributed by atoms with Gasteiger partial charge in [0.1, 0.15) is 12.2 Å². The number of halogens is 1. The van der Waals surface area contributed by atoms with Gasteiger partial charge in [-0.25, -0.2) is 4.79 Å². The first kappa shape index (κ1) is 25.4. The number of ether oxygens (including phenoxy) is 3. The molecule has 1 aliphatic carbocycles. The molecular weight excluding hydrogens is 518 g/mol. The third kappa shape index (κ3) is 4.87. The molecule has 1 fully saturated rings. The highest BCUT2D eigenvalue weighted by molar-refractivity contribution is 9.10. The van der Waals surface area contributed by atoms with Crippen LogP contribution in [0.2, 0.25) is 0 Å². The lowest BCUT2D eigenvalue weighted by Crippen LogP contribution is -2.52. The van der Waals surface area contributed by atoms with Gasteiger partial charge in [0.2, 0.25) is 5.60 Å². The zero-order valence-corrected chi connectivity index (χ0v) is 21.9. The summed E-state index contributed by atoms with van der Waals surface area (Å²) in [5, 5.41) is 4.30. The topological polar surface area (TPSA) is 100 Å². The number of benzene rings is 1. The van der Waals surface area contributed by atoms with E-state index in [1.54, 1.807) is 0 Å². The van der Waals surface area contributed by atoms with E-state index >= 15 is 0 Å². The van der Waals surface area contributed by atoms with Crippen molar-refractivity contribution in [2.45, 2.75) is 71.2 Å². The molecule has 4 rings (SSSR count). The molecule has 0 unspecified atom stereocenters. The molecule has 0 saturated carbocycles. The van der Waals surface area contributed by atoms with E-state index in [1.165, 1.54) is 13.8 Å². The molecule has 2 aliphatic heterocycles. The Kier molecular flexibility index (Phi) is 7.35. The average molecular weight is 548 g/mol. The van der Waals surface area contributed by atoms with Crippen LogP contribution in [0.3, 0.4) is 0 Å². The van der Waals surface area contributed by atoms with Crippen molar-refractivity contribution in [2.75, 3.05) is 6.61 Å². The molecule has 5 atom stereocenters. The third-order valence-corrected chi connectivity index (χ3v) is 7.71. The van der Waals surface area contributed by atoms with Crippen LogP contribution in [0.4, 0.5) is 0 Å². The summed E-state index contributed by atoms with van der Waals surface area (Å²) in [6.45, 7) is 7.13. The van der Waals surface area contributed by atoms with E-state index in [9.17, 15) is 14.4 Å². The summed E-state index contributed by atoms with van der Waals surface area (Å²) < 4.78 is 17.6. The van der Waals surface area contributed by atoms with E-state index < -0.39 is 35.7 Å². The monoisotopic (exact) mass is 547 g/mol. The zero-order valence-electron chi connectivity index (χ0n) is 20.3. The Morgan fingerprint density at radius 2 is 2.00 bits per heavy atom. The third-order valence-electron chi connectivity index (χ3n) is 7.02. The van der Waals surface area contributed by atoms with Crippen LogP contribution in [-0.4, -0.2) is 48.0 Å². The fourth-order valence-electron chi connectivity index (χ4n) is 5.57. The van der Waals surface area contributed by atoms with E-state index in [0.717, 1.165) is 27.6 Å². The minimum Gasteiger partial charge on any atom is -0.466 e. The van der Waals surface area contributed by atoms with Gasteiger partial charge in [-0.05, 0) is 37.3 Å². The Morgan fingerprint density at radius 1 is 1.26 bits per heavy atom. The van der Waals surface area contributed by atoms with Crippen molar-refractivity contribution in [2.24, 2.45) is 17.0 Å². The zero-order chi connectivity index (χ0) is 25.3. The van der Waals surface area contributed by atoms with Crippen molar-refractivity contribution in [1.29, 1.82) is 0 Å². The standard InChI is InChI=1S/C26H30BrNO7/c1-14(8-7-11-32-16(3)29)22-15(2)12-21-23(24(22)33-17(4)30)26(25(31)34-21)13-20(28-35-26)18-9-5-6-10-19(18)27/h5-6,9-10,14,21,23-24H,7-8,11-13H2,1-4H3/t14-,21+,23+,24+,26-/m0/s1. The lowest BCUT2D eigenvalue weighted by molar-refractivity contribution is -0.164. The van der Waals surface area contributed by atoms with E-state index in [0.29, 0.717) is 25.2 Å². The van der Waals surface area contributed by atoms with Crippen molar-refractivity contribution >= 4 is 39.5 Å². The molecule has 1 aromatic carbocycles. The summed E-state index contributed by atoms with van der Waals surface area (Å²) in [6.07, 6.45) is 1.00. The highest BCUT2D eigenvalue weighted by atomic mass is 79.9.